The Morgan fingerprint density at radius 3 is 2.78 bits per heavy atom. The van der Waals surface area contributed by atoms with Crippen molar-refractivity contribution in [1.29, 1.82) is 0 Å². The van der Waals surface area contributed by atoms with Gasteiger partial charge in [-0.2, -0.15) is 0 Å². The molecule has 0 aliphatic rings. The lowest BCUT2D eigenvalue weighted by molar-refractivity contribution is -0.136. The summed E-state index contributed by atoms with van der Waals surface area (Å²) in [6.07, 6.45) is -0.183. The molecule has 0 unspecified atom stereocenters. The lowest BCUT2D eigenvalue weighted by atomic mass is 10.0. The van der Waals surface area contributed by atoms with E-state index in [1.165, 1.54) is 6.07 Å². The van der Waals surface area contributed by atoms with E-state index in [1.807, 2.05) is 31.2 Å². The molecule has 118 valence electrons. The summed E-state index contributed by atoms with van der Waals surface area (Å²) in [6, 6.07) is 12.0. The number of nitrogens with one attached hydrogen (secondary N) is 1. The van der Waals surface area contributed by atoms with Crippen LogP contribution in [0.2, 0.25) is 0 Å². The molecule has 0 saturated heterocycles. The standard InChI is InChI=1S/C18H16FNO3/c1-2-23-12-6-3-5-11(9-12)17-14(10-16(21)22)13-7-4-8-15(19)18(13)20-17/h3-9,20H,2,10H2,1H3,(H,21,22). The van der Waals surface area contributed by atoms with Crippen molar-refractivity contribution in [2.45, 2.75) is 13.3 Å². The lowest BCUT2D eigenvalue weighted by Crippen LogP contribution is -2.01. The Morgan fingerprint density at radius 1 is 1.26 bits per heavy atom. The first-order chi connectivity index (χ1) is 11.1. The van der Waals surface area contributed by atoms with Crippen LogP contribution in [0.25, 0.3) is 22.2 Å². The molecule has 3 rings (SSSR count). The monoisotopic (exact) mass is 313 g/mol. The number of para-hydroxylation sites is 1. The third-order valence-electron chi connectivity index (χ3n) is 3.65. The molecule has 0 spiro atoms. The normalized spacial score (nSPS) is 10.9. The summed E-state index contributed by atoms with van der Waals surface area (Å²) in [4.78, 5) is 14.2. The number of halogens is 1. The molecule has 3 aromatic rings. The van der Waals surface area contributed by atoms with Gasteiger partial charge >= 0.3 is 5.97 Å². The number of carbonyl (C=O) groups is 1. The molecule has 4 nitrogen and oxygen atoms in total. The smallest absolute Gasteiger partial charge is 0.307 e. The van der Waals surface area contributed by atoms with Crippen molar-refractivity contribution in [1.82, 2.24) is 4.98 Å². The minimum Gasteiger partial charge on any atom is -0.494 e. The first-order valence-corrected chi connectivity index (χ1v) is 7.34. The number of carboxylic acid groups (broad SMARTS) is 1. The molecule has 0 atom stereocenters. The number of aliphatic carboxylic acids is 1. The quantitative estimate of drug-likeness (QED) is 0.748. The molecule has 2 aromatic carbocycles. The molecule has 0 aliphatic heterocycles. The number of carboxylic acids is 1. The molecule has 2 N–H and O–H groups in total. The van der Waals surface area contributed by atoms with Crippen molar-refractivity contribution in [2.24, 2.45) is 0 Å². The van der Waals surface area contributed by atoms with Gasteiger partial charge in [0.15, 0.2) is 0 Å². The average molecular weight is 313 g/mol. The van der Waals surface area contributed by atoms with E-state index in [1.54, 1.807) is 12.1 Å². The number of aromatic amines is 1. The zero-order valence-corrected chi connectivity index (χ0v) is 12.6. The first kappa shape index (κ1) is 15.1. The molecule has 1 aromatic heterocycles. The Bertz CT molecular complexity index is 870. The van der Waals surface area contributed by atoms with Crippen molar-refractivity contribution in [3.8, 4) is 17.0 Å². The largest absolute Gasteiger partial charge is 0.494 e. The Hall–Kier alpha value is -2.82. The minimum absolute atomic E-state index is 0.183. The molecular weight excluding hydrogens is 297 g/mol. The lowest BCUT2D eigenvalue weighted by Gasteiger charge is -2.07. The predicted molar refractivity (Wildman–Crippen MR) is 86.2 cm³/mol. The van der Waals surface area contributed by atoms with E-state index in [9.17, 15) is 14.3 Å². The highest BCUT2D eigenvalue weighted by Gasteiger charge is 2.18. The Kier molecular flexibility index (Phi) is 4.02. The van der Waals surface area contributed by atoms with Gasteiger partial charge in [-0.1, -0.05) is 24.3 Å². The van der Waals surface area contributed by atoms with Gasteiger partial charge in [-0.15, -0.1) is 0 Å². The highest BCUT2D eigenvalue weighted by molar-refractivity contribution is 5.94. The maximum atomic E-state index is 14.0. The van der Waals surface area contributed by atoms with Crippen LogP contribution in [0.4, 0.5) is 4.39 Å². The molecule has 5 heteroatoms. The van der Waals surface area contributed by atoms with Gasteiger partial charge in [0, 0.05) is 10.9 Å². The van der Waals surface area contributed by atoms with Crippen LogP contribution < -0.4 is 4.74 Å². The van der Waals surface area contributed by atoms with Gasteiger partial charge in [-0.3, -0.25) is 4.79 Å². The summed E-state index contributed by atoms with van der Waals surface area (Å²) in [6.45, 7) is 2.42. The van der Waals surface area contributed by atoms with E-state index in [-0.39, 0.29) is 6.42 Å². The van der Waals surface area contributed by atoms with Gasteiger partial charge in [-0.05, 0) is 30.7 Å². The number of benzene rings is 2. The van der Waals surface area contributed by atoms with Crippen molar-refractivity contribution in [3.05, 3.63) is 53.8 Å². The maximum absolute atomic E-state index is 14.0. The fourth-order valence-corrected chi connectivity index (χ4v) is 2.73. The fraction of sp³-hybridized carbons (Fsp3) is 0.167. The van der Waals surface area contributed by atoms with E-state index in [0.717, 1.165) is 5.56 Å². The molecule has 0 saturated carbocycles. The number of rotatable bonds is 5. The van der Waals surface area contributed by atoms with E-state index < -0.39 is 11.8 Å². The molecule has 0 bridgehead atoms. The van der Waals surface area contributed by atoms with Crippen LogP contribution in [0.1, 0.15) is 12.5 Å². The van der Waals surface area contributed by atoms with E-state index in [2.05, 4.69) is 4.98 Å². The van der Waals surface area contributed by atoms with Gasteiger partial charge in [0.25, 0.3) is 0 Å². The number of ether oxygens (including phenoxy) is 1. The van der Waals surface area contributed by atoms with Crippen molar-refractivity contribution in [2.75, 3.05) is 6.61 Å². The Balaban J connectivity index is 2.21. The van der Waals surface area contributed by atoms with E-state index in [0.29, 0.717) is 34.5 Å². The first-order valence-electron chi connectivity index (χ1n) is 7.34. The second-order valence-corrected chi connectivity index (χ2v) is 5.17. The Morgan fingerprint density at radius 2 is 2.04 bits per heavy atom. The second kappa shape index (κ2) is 6.12. The van der Waals surface area contributed by atoms with Crippen LogP contribution in [0.5, 0.6) is 5.75 Å². The van der Waals surface area contributed by atoms with Crippen LogP contribution in [0.15, 0.2) is 42.5 Å². The van der Waals surface area contributed by atoms with Crippen molar-refractivity contribution in [3.63, 3.8) is 0 Å². The van der Waals surface area contributed by atoms with Gasteiger partial charge in [0.2, 0.25) is 0 Å². The van der Waals surface area contributed by atoms with Crippen LogP contribution in [-0.2, 0) is 11.2 Å². The second-order valence-electron chi connectivity index (χ2n) is 5.17. The minimum atomic E-state index is -0.961. The van der Waals surface area contributed by atoms with Gasteiger partial charge < -0.3 is 14.8 Å². The molecule has 0 fully saturated rings. The average Bonchev–Trinajstić information content (AvgIpc) is 2.88. The highest BCUT2D eigenvalue weighted by Crippen LogP contribution is 2.33. The summed E-state index contributed by atoms with van der Waals surface area (Å²) < 4.78 is 19.5. The molecular formula is C18H16FNO3. The number of H-pyrrole nitrogens is 1. The third kappa shape index (κ3) is 2.90. The van der Waals surface area contributed by atoms with Crippen LogP contribution in [0, 0.1) is 5.82 Å². The zero-order valence-electron chi connectivity index (χ0n) is 12.6. The zero-order chi connectivity index (χ0) is 16.4. The highest BCUT2D eigenvalue weighted by atomic mass is 19.1. The number of hydrogen-bond acceptors (Lipinski definition) is 2. The fourth-order valence-electron chi connectivity index (χ4n) is 2.73. The van der Waals surface area contributed by atoms with Gasteiger partial charge in [0.05, 0.1) is 24.2 Å². The van der Waals surface area contributed by atoms with Crippen LogP contribution in [0.3, 0.4) is 0 Å². The number of hydrogen-bond donors (Lipinski definition) is 2. The van der Waals surface area contributed by atoms with Gasteiger partial charge in [0.1, 0.15) is 11.6 Å². The molecule has 0 amide bonds. The summed E-state index contributed by atoms with van der Waals surface area (Å²) in [5.41, 5.74) is 2.26. The summed E-state index contributed by atoms with van der Waals surface area (Å²) in [5.74, 6) is -0.677. The predicted octanol–water partition coefficient (Wildman–Crippen LogP) is 4.00. The molecule has 23 heavy (non-hydrogen) atoms. The number of fused-ring (bicyclic) bond motifs is 1. The van der Waals surface area contributed by atoms with Crippen molar-refractivity contribution < 1.29 is 19.0 Å². The number of aromatic nitrogens is 1. The van der Waals surface area contributed by atoms with Gasteiger partial charge in [-0.25, -0.2) is 4.39 Å². The van der Waals surface area contributed by atoms with Crippen LogP contribution in [-0.4, -0.2) is 22.7 Å². The van der Waals surface area contributed by atoms with Crippen molar-refractivity contribution >= 4 is 16.9 Å². The SMILES string of the molecule is CCOc1cccc(-c2[nH]c3c(F)cccc3c2CC(=O)O)c1. The summed E-state index contributed by atoms with van der Waals surface area (Å²) in [7, 11) is 0. The molecule has 1 heterocycles. The third-order valence-corrected chi connectivity index (χ3v) is 3.65. The summed E-state index contributed by atoms with van der Waals surface area (Å²) >= 11 is 0. The Labute approximate surface area is 132 Å². The van der Waals surface area contributed by atoms with Crippen LogP contribution >= 0.6 is 0 Å². The topological polar surface area (TPSA) is 62.3 Å². The van der Waals surface area contributed by atoms with E-state index >= 15 is 0 Å². The summed E-state index contributed by atoms with van der Waals surface area (Å²) in [5, 5.41) is 9.78. The maximum Gasteiger partial charge on any atom is 0.307 e. The molecule has 0 radical (unpaired) electrons. The van der Waals surface area contributed by atoms with E-state index in [4.69, 9.17) is 4.74 Å². The molecule has 0 aliphatic carbocycles.